The maximum absolute atomic E-state index is 12.7. The van der Waals surface area contributed by atoms with Crippen LogP contribution in [-0.2, 0) is 16.0 Å². The zero-order chi connectivity index (χ0) is 21.8. The van der Waals surface area contributed by atoms with Crippen LogP contribution in [0.4, 0.5) is 5.69 Å². The summed E-state index contributed by atoms with van der Waals surface area (Å²) >= 11 is 0. The summed E-state index contributed by atoms with van der Waals surface area (Å²) < 4.78 is 11.0. The van der Waals surface area contributed by atoms with Gasteiger partial charge in [0.15, 0.2) is 0 Å². The lowest BCUT2D eigenvalue weighted by atomic mass is 9.93. The van der Waals surface area contributed by atoms with E-state index in [1.807, 2.05) is 17.0 Å². The van der Waals surface area contributed by atoms with Crippen molar-refractivity contribution < 1.29 is 24.2 Å². The summed E-state index contributed by atoms with van der Waals surface area (Å²) in [5.74, 6) is -0.0520. The lowest BCUT2D eigenvalue weighted by Crippen LogP contribution is -2.40. The molecule has 162 valence electrons. The fourth-order valence-electron chi connectivity index (χ4n) is 3.86. The normalized spacial score (nSPS) is 17.9. The Kier molecular flexibility index (Phi) is 6.18. The number of carbonyl (C=O) groups is 2. The van der Waals surface area contributed by atoms with Crippen LogP contribution in [0.3, 0.4) is 0 Å². The Balaban J connectivity index is 1.40. The van der Waals surface area contributed by atoms with Crippen LogP contribution in [0.2, 0.25) is 0 Å². The molecular weight excluding hydrogens is 398 g/mol. The molecule has 2 aromatic rings. The third-order valence-electron chi connectivity index (χ3n) is 5.51. The summed E-state index contributed by atoms with van der Waals surface area (Å²) in [4.78, 5) is 25.7. The van der Waals surface area contributed by atoms with E-state index in [2.05, 4.69) is 5.32 Å². The second-order valence-corrected chi connectivity index (χ2v) is 7.78. The first-order valence-corrected chi connectivity index (χ1v) is 10.3. The third kappa shape index (κ3) is 5.03. The fourth-order valence-corrected chi connectivity index (χ4v) is 3.86. The Morgan fingerprint density at radius 3 is 2.52 bits per heavy atom. The van der Waals surface area contributed by atoms with E-state index < -0.39 is 5.97 Å². The number of benzene rings is 2. The molecule has 0 aliphatic carbocycles. The predicted octanol–water partition coefficient (Wildman–Crippen LogP) is 2.62. The van der Waals surface area contributed by atoms with Gasteiger partial charge in [0.2, 0.25) is 0 Å². The molecule has 0 saturated carbocycles. The molecule has 4 rings (SSSR count). The Morgan fingerprint density at radius 1 is 1.10 bits per heavy atom. The van der Waals surface area contributed by atoms with Gasteiger partial charge < -0.3 is 24.8 Å². The summed E-state index contributed by atoms with van der Waals surface area (Å²) in [6.45, 7) is 3.02. The molecule has 1 fully saturated rings. The highest BCUT2D eigenvalue weighted by atomic mass is 16.5. The number of hydrogen-bond acceptors (Lipinski definition) is 5. The average molecular weight is 423 g/mol. The zero-order valence-corrected chi connectivity index (χ0v) is 17.1. The fraction of sp³-hybridized carbons (Fsp3) is 0.348. The van der Waals surface area contributed by atoms with E-state index in [0.29, 0.717) is 62.2 Å². The highest BCUT2D eigenvalue weighted by Gasteiger charge is 2.23. The molecule has 2 aliphatic heterocycles. The van der Waals surface area contributed by atoms with Crippen molar-refractivity contribution in [3.63, 3.8) is 0 Å². The zero-order valence-electron chi connectivity index (χ0n) is 17.1. The van der Waals surface area contributed by atoms with Gasteiger partial charge in [0.1, 0.15) is 11.6 Å². The lowest BCUT2D eigenvalue weighted by molar-refractivity contribution is -0.138. The topological polar surface area (TPSA) is 112 Å². The number of carbonyl (C=O) groups excluding carboxylic acids is 1. The van der Waals surface area contributed by atoms with Gasteiger partial charge in [0.25, 0.3) is 5.91 Å². The van der Waals surface area contributed by atoms with Crippen LogP contribution >= 0.6 is 0 Å². The Labute approximate surface area is 180 Å². The highest BCUT2D eigenvalue weighted by molar-refractivity contribution is 6.05. The van der Waals surface area contributed by atoms with Gasteiger partial charge in [-0.25, -0.2) is 0 Å². The number of amidine groups is 1. The molecule has 1 saturated heterocycles. The number of ether oxygens (including phenoxy) is 2. The summed E-state index contributed by atoms with van der Waals surface area (Å²) in [7, 11) is 0. The predicted molar refractivity (Wildman–Crippen MR) is 115 cm³/mol. The van der Waals surface area contributed by atoms with Gasteiger partial charge in [-0.1, -0.05) is 0 Å². The quantitative estimate of drug-likeness (QED) is 0.504. The molecule has 1 unspecified atom stereocenters. The molecule has 0 spiro atoms. The summed E-state index contributed by atoms with van der Waals surface area (Å²) in [6.07, 6.45) is 0.614. The molecule has 0 bridgehead atoms. The molecule has 1 atom stereocenters. The number of amides is 1. The number of anilines is 1. The number of rotatable bonds is 5. The average Bonchev–Trinajstić information content (AvgIpc) is 2.79. The summed E-state index contributed by atoms with van der Waals surface area (Å²) in [6, 6.07) is 12.4. The van der Waals surface area contributed by atoms with Gasteiger partial charge in [0, 0.05) is 35.8 Å². The first-order chi connectivity index (χ1) is 15.0. The Morgan fingerprint density at radius 2 is 1.81 bits per heavy atom. The number of fused-ring (bicyclic) bond motifs is 1. The monoisotopic (exact) mass is 423 g/mol. The Bertz CT molecular complexity index is 983. The van der Waals surface area contributed by atoms with E-state index in [-0.39, 0.29) is 18.2 Å². The number of morpholine rings is 1. The standard InChI is InChI=1S/C23H25N3O5/c24-22(26-7-9-30-10-8-26)16-1-4-19(5-2-16)25-23(29)17-3-6-20-18(13-17)11-15(14-31-20)12-21(27)28/h1-6,13,15,24H,7-12,14H2,(H,25,29)(H,27,28). The molecule has 8 nitrogen and oxygen atoms in total. The SMILES string of the molecule is N=C(c1ccc(NC(=O)c2ccc3c(c2)CC(CC(=O)O)CO3)cc1)N1CCOCC1. The van der Waals surface area contributed by atoms with E-state index in [0.717, 1.165) is 11.1 Å². The van der Waals surface area contributed by atoms with E-state index in [9.17, 15) is 9.59 Å². The highest BCUT2D eigenvalue weighted by Crippen LogP contribution is 2.30. The minimum Gasteiger partial charge on any atom is -0.493 e. The van der Waals surface area contributed by atoms with Crippen LogP contribution < -0.4 is 10.1 Å². The van der Waals surface area contributed by atoms with E-state index in [4.69, 9.17) is 20.0 Å². The molecule has 2 aromatic carbocycles. The van der Waals surface area contributed by atoms with Crippen molar-refractivity contribution in [3.05, 3.63) is 59.2 Å². The van der Waals surface area contributed by atoms with Gasteiger partial charge in [-0.15, -0.1) is 0 Å². The maximum atomic E-state index is 12.7. The summed E-state index contributed by atoms with van der Waals surface area (Å²) in [5.41, 5.74) is 2.76. The number of nitrogens with one attached hydrogen (secondary N) is 2. The Hall–Kier alpha value is -3.39. The van der Waals surface area contributed by atoms with Gasteiger partial charge in [-0.05, 0) is 54.4 Å². The van der Waals surface area contributed by atoms with Crippen molar-refractivity contribution in [3.8, 4) is 5.75 Å². The maximum Gasteiger partial charge on any atom is 0.303 e. The van der Waals surface area contributed by atoms with Crippen molar-refractivity contribution in [2.75, 3.05) is 38.2 Å². The van der Waals surface area contributed by atoms with Crippen LogP contribution in [0.15, 0.2) is 42.5 Å². The van der Waals surface area contributed by atoms with Gasteiger partial charge in [0.05, 0.1) is 26.2 Å². The van der Waals surface area contributed by atoms with Crippen molar-refractivity contribution >= 4 is 23.4 Å². The third-order valence-corrected chi connectivity index (χ3v) is 5.51. The molecule has 2 aliphatic rings. The molecule has 3 N–H and O–H groups in total. The van der Waals surface area contributed by atoms with Crippen molar-refractivity contribution in [2.45, 2.75) is 12.8 Å². The van der Waals surface area contributed by atoms with E-state index in [1.165, 1.54) is 0 Å². The molecular formula is C23H25N3O5. The van der Waals surface area contributed by atoms with Gasteiger partial charge in [-0.3, -0.25) is 15.0 Å². The van der Waals surface area contributed by atoms with E-state index >= 15 is 0 Å². The minimum atomic E-state index is -0.851. The number of aliphatic carboxylic acids is 1. The van der Waals surface area contributed by atoms with Crippen LogP contribution in [0.25, 0.3) is 0 Å². The van der Waals surface area contributed by atoms with Crippen LogP contribution in [0.5, 0.6) is 5.75 Å². The largest absolute Gasteiger partial charge is 0.493 e. The van der Waals surface area contributed by atoms with Crippen molar-refractivity contribution in [2.24, 2.45) is 5.92 Å². The lowest BCUT2D eigenvalue weighted by Gasteiger charge is -2.29. The first kappa shape index (κ1) is 20.9. The molecule has 0 aromatic heterocycles. The second kappa shape index (κ2) is 9.18. The number of nitrogens with zero attached hydrogens (tertiary/aromatic N) is 1. The van der Waals surface area contributed by atoms with Crippen molar-refractivity contribution in [1.29, 1.82) is 5.41 Å². The van der Waals surface area contributed by atoms with Gasteiger partial charge >= 0.3 is 5.97 Å². The molecule has 1 amide bonds. The van der Waals surface area contributed by atoms with Crippen LogP contribution in [-0.4, -0.2) is 60.6 Å². The number of hydrogen-bond donors (Lipinski definition) is 3. The summed E-state index contributed by atoms with van der Waals surface area (Å²) in [5, 5.41) is 20.2. The smallest absolute Gasteiger partial charge is 0.303 e. The first-order valence-electron chi connectivity index (χ1n) is 10.3. The molecule has 31 heavy (non-hydrogen) atoms. The van der Waals surface area contributed by atoms with Gasteiger partial charge in [-0.2, -0.15) is 0 Å². The van der Waals surface area contributed by atoms with E-state index in [1.54, 1.807) is 30.3 Å². The number of carboxylic acids is 1. The van der Waals surface area contributed by atoms with Crippen molar-refractivity contribution in [1.82, 2.24) is 4.90 Å². The molecule has 0 radical (unpaired) electrons. The minimum absolute atomic E-state index is 0.0433. The molecule has 8 heteroatoms. The molecule has 2 heterocycles. The van der Waals surface area contributed by atoms with Crippen LogP contribution in [0.1, 0.15) is 27.9 Å². The van der Waals surface area contributed by atoms with Crippen LogP contribution in [0, 0.1) is 11.3 Å². The second-order valence-electron chi connectivity index (χ2n) is 7.78. The number of carboxylic acid groups (broad SMARTS) is 1.